The van der Waals surface area contributed by atoms with Crippen molar-refractivity contribution in [1.82, 2.24) is 5.32 Å². The van der Waals surface area contributed by atoms with E-state index in [1.54, 1.807) is 6.08 Å². The van der Waals surface area contributed by atoms with Gasteiger partial charge in [-0.2, -0.15) is 0 Å². The molecule has 1 rings (SSSR count). The summed E-state index contributed by atoms with van der Waals surface area (Å²) in [7, 11) is 0. The van der Waals surface area contributed by atoms with Crippen molar-refractivity contribution >= 4 is 5.91 Å². The molecule has 1 aliphatic rings. The van der Waals surface area contributed by atoms with Gasteiger partial charge in [-0.05, 0) is 44.9 Å². The lowest BCUT2D eigenvalue weighted by Gasteiger charge is -2.40. The monoisotopic (exact) mass is 597 g/mol. The Kier molecular flexibility index (Phi) is 22.7. The largest absolute Gasteiger partial charge is 0.394 e. The molecule has 9 nitrogen and oxygen atoms in total. The summed E-state index contributed by atoms with van der Waals surface area (Å²) >= 11 is 0. The highest BCUT2D eigenvalue weighted by molar-refractivity contribution is 5.76. The molecule has 1 fully saturated rings. The van der Waals surface area contributed by atoms with Gasteiger partial charge in [-0.3, -0.25) is 4.79 Å². The standard InChI is InChI=1S/C33H59NO8/c1-3-5-7-9-10-11-12-13-14-15-16-17-18-19-20-22-27(36)26(34-29(37)23-21-8-6-4-2)25-41-33-32(40)31(39)30(38)28(24-35)42-33/h12-13,16-17,20,22,26-28,30-33,35-36,38-40H,3-11,14-15,18-19,21,23-25H2,1-2H3,(H,34,37)/b13-12+,17-16+,22-20+. The number of amides is 1. The van der Waals surface area contributed by atoms with Gasteiger partial charge in [0.2, 0.25) is 5.91 Å². The molecule has 0 aromatic rings. The molecule has 0 aliphatic carbocycles. The topological polar surface area (TPSA) is 149 Å². The first-order chi connectivity index (χ1) is 20.3. The van der Waals surface area contributed by atoms with Crippen LogP contribution in [0.15, 0.2) is 36.5 Å². The van der Waals surface area contributed by atoms with Crippen molar-refractivity contribution in [2.24, 2.45) is 0 Å². The molecule has 9 heteroatoms. The highest BCUT2D eigenvalue weighted by Crippen LogP contribution is 2.22. The Labute approximate surface area is 253 Å². The smallest absolute Gasteiger partial charge is 0.220 e. The number of aliphatic hydroxyl groups is 5. The zero-order valence-electron chi connectivity index (χ0n) is 26.0. The Hall–Kier alpha value is -1.59. The highest BCUT2D eigenvalue weighted by Gasteiger charge is 2.44. The maximum Gasteiger partial charge on any atom is 0.220 e. The van der Waals surface area contributed by atoms with Crippen molar-refractivity contribution in [3.05, 3.63) is 36.5 Å². The number of nitrogens with one attached hydrogen (secondary N) is 1. The van der Waals surface area contributed by atoms with E-state index in [2.05, 4.69) is 43.5 Å². The Balaban J connectivity index is 2.51. The molecule has 6 N–H and O–H groups in total. The van der Waals surface area contributed by atoms with Crippen LogP contribution in [0.4, 0.5) is 0 Å². The lowest BCUT2D eigenvalue weighted by molar-refractivity contribution is -0.302. The summed E-state index contributed by atoms with van der Waals surface area (Å²) in [5.41, 5.74) is 0. The lowest BCUT2D eigenvalue weighted by Crippen LogP contribution is -2.60. The second kappa shape index (κ2) is 24.8. The van der Waals surface area contributed by atoms with Crippen molar-refractivity contribution in [1.29, 1.82) is 0 Å². The number of unbranched alkanes of at least 4 members (excludes halogenated alkanes) is 10. The molecule has 1 heterocycles. The number of ether oxygens (including phenoxy) is 2. The van der Waals surface area contributed by atoms with E-state index in [1.807, 2.05) is 6.08 Å². The second-order valence-corrected chi connectivity index (χ2v) is 11.2. The van der Waals surface area contributed by atoms with Crippen LogP contribution in [0.1, 0.15) is 110 Å². The van der Waals surface area contributed by atoms with Crippen molar-refractivity contribution in [2.75, 3.05) is 13.2 Å². The predicted octanol–water partition coefficient (Wildman–Crippen LogP) is 4.21. The average molecular weight is 598 g/mol. The molecule has 7 unspecified atom stereocenters. The normalized spacial score (nSPS) is 24.6. The molecule has 0 aromatic carbocycles. The molecule has 0 aromatic heterocycles. The quantitative estimate of drug-likeness (QED) is 0.0716. The fourth-order valence-corrected chi connectivity index (χ4v) is 4.71. The third-order valence-corrected chi connectivity index (χ3v) is 7.45. The Morgan fingerprint density at radius 3 is 1.98 bits per heavy atom. The number of rotatable bonds is 24. The minimum Gasteiger partial charge on any atom is -0.394 e. The maximum atomic E-state index is 12.5. The molecule has 1 saturated heterocycles. The molecule has 1 amide bonds. The summed E-state index contributed by atoms with van der Waals surface area (Å²) in [6, 6.07) is -0.818. The van der Waals surface area contributed by atoms with Crippen LogP contribution in [0, 0.1) is 0 Å². The molecule has 0 radical (unpaired) electrons. The van der Waals surface area contributed by atoms with E-state index in [1.165, 1.54) is 32.1 Å². The van der Waals surface area contributed by atoms with Crippen LogP contribution in [0.25, 0.3) is 0 Å². The molecule has 1 aliphatic heterocycles. The van der Waals surface area contributed by atoms with Crippen LogP contribution in [-0.4, -0.2) is 87.5 Å². The molecular formula is C33H59NO8. The van der Waals surface area contributed by atoms with E-state index in [0.717, 1.165) is 57.8 Å². The summed E-state index contributed by atoms with van der Waals surface area (Å²) in [6.45, 7) is 3.55. The molecule has 7 atom stereocenters. The van der Waals surface area contributed by atoms with E-state index in [-0.39, 0.29) is 12.5 Å². The van der Waals surface area contributed by atoms with Crippen molar-refractivity contribution < 1.29 is 39.8 Å². The minimum atomic E-state index is -1.57. The molecule has 0 bridgehead atoms. The summed E-state index contributed by atoms with van der Waals surface area (Å²) in [5.74, 6) is -0.213. The molecule has 42 heavy (non-hydrogen) atoms. The summed E-state index contributed by atoms with van der Waals surface area (Å²) in [5, 5.41) is 53.3. The van der Waals surface area contributed by atoms with Gasteiger partial charge in [0, 0.05) is 6.42 Å². The van der Waals surface area contributed by atoms with Crippen molar-refractivity contribution in [3.63, 3.8) is 0 Å². The Bertz CT molecular complexity index is 756. The number of hydrogen-bond donors (Lipinski definition) is 6. The average Bonchev–Trinajstić information content (AvgIpc) is 2.99. The highest BCUT2D eigenvalue weighted by atomic mass is 16.7. The van der Waals surface area contributed by atoms with Crippen LogP contribution in [0.3, 0.4) is 0 Å². The molecule has 0 spiro atoms. The van der Waals surface area contributed by atoms with Gasteiger partial charge in [-0.1, -0.05) is 95.2 Å². The maximum absolute atomic E-state index is 12.5. The van der Waals surface area contributed by atoms with E-state index >= 15 is 0 Å². The third kappa shape index (κ3) is 16.9. The second-order valence-electron chi connectivity index (χ2n) is 11.2. The van der Waals surface area contributed by atoms with Gasteiger partial charge in [0.1, 0.15) is 24.4 Å². The SMILES string of the molecule is CCCCCCC/C=C/CC/C=C/CC/C=C/C(O)C(COC1OC(CO)C(O)C(O)C1O)NC(=O)CCCCCC. The van der Waals surface area contributed by atoms with Gasteiger partial charge in [0.25, 0.3) is 0 Å². The number of hydrogen-bond acceptors (Lipinski definition) is 8. The van der Waals surface area contributed by atoms with Crippen LogP contribution < -0.4 is 5.32 Å². The van der Waals surface area contributed by atoms with Gasteiger partial charge in [0.05, 0.1) is 25.4 Å². The van der Waals surface area contributed by atoms with E-state index in [4.69, 9.17) is 9.47 Å². The first-order valence-electron chi connectivity index (χ1n) is 16.2. The Morgan fingerprint density at radius 2 is 1.36 bits per heavy atom. The Morgan fingerprint density at radius 1 is 0.786 bits per heavy atom. The van der Waals surface area contributed by atoms with Gasteiger partial charge in [-0.25, -0.2) is 0 Å². The van der Waals surface area contributed by atoms with Gasteiger partial charge >= 0.3 is 0 Å². The van der Waals surface area contributed by atoms with E-state index in [0.29, 0.717) is 6.42 Å². The first kappa shape index (κ1) is 38.4. The third-order valence-electron chi connectivity index (χ3n) is 7.45. The van der Waals surface area contributed by atoms with Crippen molar-refractivity contribution in [2.45, 2.75) is 153 Å². The lowest BCUT2D eigenvalue weighted by atomic mass is 9.99. The summed E-state index contributed by atoms with van der Waals surface area (Å²) < 4.78 is 11.0. The minimum absolute atomic E-state index is 0.207. The van der Waals surface area contributed by atoms with Crippen LogP contribution in [-0.2, 0) is 14.3 Å². The summed E-state index contributed by atoms with van der Waals surface area (Å²) in [4.78, 5) is 12.5. The number of allylic oxidation sites excluding steroid dienone is 5. The fourth-order valence-electron chi connectivity index (χ4n) is 4.71. The predicted molar refractivity (Wildman–Crippen MR) is 166 cm³/mol. The number of aliphatic hydroxyl groups excluding tert-OH is 5. The number of carbonyl (C=O) groups excluding carboxylic acids is 1. The van der Waals surface area contributed by atoms with Gasteiger partial charge < -0.3 is 40.3 Å². The molecular weight excluding hydrogens is 538 g/mol. The van der Waals surface area contributed by atoms with E-state index < -0.39 is 49.5 Å². The fraction of sp³-hybridized carbons (Fsp3) is 0.788. The van der Waals surface area contributed by atoms with Gasteiger partial charge in [-0.15, -0.1) is 0 Å². The van der Waals surface area contributed by atoms with Crippen molar-refractivity contribution in [3.8, 4) is 0 Å². The van der Waals surface area contributed by atoms with Crippen LogP contribution in [0.5, 0.6) is 0 Å². The first-order valence-corrected chi connectivity index (χ1v) is 16.2. The van der Waals surface area contributed by atoms with Crippen LogP contribution >= 0.6 is 0 Å². The van der Waals surface area contributed by atoms with Crippen LogP contribution in [0.2, 0.25) is 0 Å². The summed E-state index contributed by atoms with van der Waals surface area (Å²) in [6.07, 6.45) is 19.6. The number of carbonyl (C=O) groups is 1. The van der Waals surface area contributed by atoms with E-state index in [9.17, 15) is 30.3 Å². The molecule has 244 valence electrons. The zero-order valence-corrected chi connectivity index (χ0v) is 26.0. The molecule has 0 saturated carbocycles. The zero-order chi connectivity index (χ0) is 31.0. The van der Waals surface area contributed by atoms with Gasteiger partial charge in [0.15, 0.2) is 6.29 Å².